The fourth-order valence-corrected chi connectivity index (χ4v) is 0.523. The van der Waals surface area contributed by atoms with E-state index in [0.717, 1.165) is 18.7 Å². The normalized spacial score (nSPS) is 8.75. The first-order valence-corrected chi connectivity index (χ1v) is 3.30. The van der Waals surface area contributed by atoms with Crippen molar-refractivity contribution in [1.82, 2.24) is 5.32 Å². The molecular formula is C5H10INO. The van der Waals surface area contributed by atoms with Crippen molar-refractivity contribution in [3.63, 3.8) is 0 Å². The van der Waals surface area contributed by atoms with Gasteiger partial charge < -0.3 is 8.38 Å². The Kier molecular flexibility index (Phi) is 5.52. The molecule has 0 aliphatic carbocycles. The Hall–Kier alpha value is 0.230. The average molecular weight is 227 g/mol. The minimum absolute atomic E-state index is 0.819. The summed E-state index contributed by atoms with van der Waals surface area (Å²) in [7, 11) is 1.90. The molecule has 3 heteroatoms. The van der Waals surface area contributed by atoms with Gasteiger partial charge >= 0.3 is 0 Å². The topological polar surface area (TPSA) is 21.3 Å². The molecule has 2 nitrogen and oxygen atoms in total. The van der Waals surface area contributed by atoms with Gasteiger partial charge in [-0.2, -0.15) is 0 Å². The minimum atomic E-state index is 0.819. The van der Waals surface area contributed by atoms with Crippen LogP contribution in [0.15, 0.2) is 12.3 Å². The standard InChI is InChI=1S/C5H10INO/c1-5(8-6)3-4-7-2/h7H,1,3-4H2,2H3. The molecule has 1 N–H and O–H groups in total. The molecule has 0 amide bonds. The van der Waals surface area contributed by atoms with Crippen LogP contribution in [0.3, 0.4) is 0 Å². The van der Waals surface area contributed by atoms with Gasteiger partial charge in [0.1, 0.15) is 5.76 Å². The van der Waals surface area contributed by atoms with Crippen LogP contribution in [0.25, 0.3) is 0 Å². The highest BCUT2D eigenvalue weighted by Gasteiger charge is 1.88. The van der Waals surface area contributed by atoms with Gasteiger partial charge in [-0.1, -0.05) is 6.58 Å². The molecule has 0 spiro atoms. The van der Waals surface area contributed by atoms with Crippen molar-refractivity contribution < 1.29 is 3.07 Å². The lowest BCUT2D eigenvalue weighted by Gasteiger charge is -1.98. The van der Waals surface area contributed by atoms with E-state index < -0.39 is 0 Å². The smallest absolute Gasteiger partial charge is 0.192 e. The molecule has 0 bridgehead atoms. The predicted molar refractivity (Wildman–Crippen MR) is 42.8 cm³/mol. The molecule has 0 fully saturated rings. The summed E-state index contributed by atoms with van der Waals surface area (Å²) in [6.07, 6.45) is 0.888. The molecule has 0 aromatic rings. The Morgan fingerprint density at radius 3 is 2.88 bits per heavy atom. The van der Waals surface area contributed by atoms with E-state index in [1.165, 1.54) is 0 Å². The molecule has 0 aromatic carbocycles. The highest BCUT2D eigenvalue weighted by Crippen LogP contribution is 2.02. The first-order chi connectivity index (χ1) is 3.81. The molecule has 0 atom stereocenters. The maximum atomic E-state index is 4.79. The highest BCUT2D eigenvalue weighted by molar-refractivity contribution is 14.1. The second kappa shape index (κ2) is 5.37. The molecule has 48 valence electrons. The van der Waals surface area contributed by atoms with E-state index in [-0.39, 0.29) is 0 Å². The Morgan fingerprint density at radius 1 is 1.88 bits per heavy atom. The zero-order valence-electron chi connectivity index (χ0n) is 4.91. The van der Waals surface area contributed by atoms with Crippen molar-refractivity contribution in [2.75, 3.05) is 13.6 Å². The third-order valence-electron chi connectivity index (χ3n) is 0.763. The minimum Gasteiger partial charge on any atom is -0.433 e. The molecule has 0 radical (unpaired) electrons. The van der Waals surface area contributed by atoms with Gasteiger partial charge in [-0.3, -0.25) is 0 Å². The first kappa shape index (κ1) is 8.23. The monoisotopic (exact) mass is 227 g/mol. The van der Waals surface area contributed by atoms with E-state index in [4.69, 9.17) is 3.07 Å². The number of hydrogen-bond donors (Lipinski definition) is 1. The van der Waals surface area contributed by atoms with Crippen LogP contribution < -0.4 is 5.32 Å². The number of nitrogens with one attached hydrogen (secondary N) is 1. The van der Waals surface area contributed by atoms with Gasteiger partial charge in [0.05, 0.1) is 0 Å². The van der Waals surface area contributed by atoms with Crippen LogP contribution >= 0.6 is 23.0 Å². The van der Waals surface area contributed by atoms with Gasteiger partial charge in [-0.25, -0.2) is 0 Å². The van der Waals surface area contributed by atoms with Crippen LogP contribution in [0.5, 0.6) is 0 Å². The van der Waals surface area contributed by atoms with E-state index in [1.54, 1.807) is 0 Å². The number of rotatable bonds is 4. The van der Waals surface area contributed by atoms with E-state index in [0.29, 0.717) is 0 Å². The third kappa shape index (κ3) is 4.39. The van der Waals surface area contributed by atoms with Crippen molar-refractivity contribution in [3.8, 4) is 0 Å². The lowest BCUT2D eigenvalue weighted by molar-refractivity contribution is 0.521. The number of hydrogen-bond acceptors (Lipinski definition) is 2. The summed E-state index contributed by atoms with van der Waals surface area (Å²) in [5.41, 5.74) is 0. The maximum absolute atomic E-state index is 4.79. The summed E-state index contributed by atoms with van der Waals surface area (Å²) in [6, 6.07) is 0. The van der Waals surface area contributed by atoms with Crippen LogP contribution in [0.1, 0.15) is 6.42 Å². The predicted octanol–water partition coefficient (Wildman–Crippen LogP) is 1.48. The third-order valence-corrected chi connectivity index (χ3v) is 1.39. The molecule has 0 aliphatic rings. The van der Waals surface area contributed by atoms with Crippen LogP contribution in [0.2, 0.25) is 0 Å². The van der Waals surface area contributed by atoms with Gasteiger partial charge in [0, 0.05) is 13.0 Å². The summed E-state index contributed by atoms with van der Waals surface area (Å²) in [4.78, 5) is 0. The quantitative estimate of drug-likeness (QED) is 0.580. The molecule has 0 unspecified atom stereocenters. The van der Waals surface area contributed by atoms with Gasteiger partial charge in [-0.15, -0.1) is 0 Å². The van der Waals surface area contributed by atoms with Crippen molar-refractivity contribution in [2.24, 2.45) is 0 Å². The molecular weight excluding hydrogens is 217 g/mol. The largest absolute Gasteiger partial charge is 0.433 e. The SMILES string of the molecule is C=C(CCNC)OI. The molecule has 0 aliphatic heterocycles. The maximum Gasteiger partial charge on any atom is 0.192 e. The summed E-state index contributed by atoms with van der Waals surface area (Å²) >= 11 is 1.83. The number of halogens is 1. The second-order valence-electron chi connectivity index (χ2n) is 1.47. The lowest BCUT2D eigenvalue weighted by Crippen LogP contribution is -2.07. The van der Waals surface area contributed by atoms with E-state index in [9.17, 15) is 0 Å². The fraction of sp³-hybridized carbons (Fsp3) is 0.600. The Labute approximate surface area is 64.0 Å². The van der Waals surface area contributed by atoms with E-state index in [2.05, 4.69) is 11.9 Å². The lowest BCUT2D eigenvalue weighted by atomic mass is 10.4. The Balaban J connectivity index is 2.99. The van der Waals surface area contributed by atoms with Gasteiger partial charge in [0.2, 0.25) is 0 Å². The highest BCUT2D eigenvalue weighted by atomic mass is 127. The first-order valence-electron chi connectivity index (χ1n) is 2.42. The summed E-state index contributed by atoms with van der Waals surface area (Å²) < 4.78 is 4.79. The van der Waals surface area contributed by atoms with Gasteiger partial charge in [-0.05, 0) is 7.05 Å². The van der Waals surface area contributed by atoms with Crippen LogP contribution in [-0.4, -0.2) is 13.6 Å². The zero-order valence-corrected chi connectivity index (χ0v) is 7.07. The van der Waals surface area contributed by atoms with Crippen molar-refractivity contribution in [2.45, 2.75) is 6.42 Å². The summed E-state index contributed by atoms with van der Waals surface area (Å²) in [5.74, 6) is 0.819. The Bertz CT molecular complexity index is 74.8. The van der Waals surface area contributed by atoms with E-state index in [1.807, 2.05) is 30.1 Å². The molecule has 0 saturated carbocycles. The van der Waals surface area contributed by atoms with Crippen molar-refractivity contribution in [3.05, 3.63) is 12.3 Å². The molecule has 8 heavy (non-hydrogen) atoms. The average Bonchev–Trinajstić information content (AvgIpc) is 1.83. The van der Waals surface area contributed by atoms with Crippen molar-refractivity contribution in [1.29, 1.82) is 0 Å². The van der Waals surface area contributed by atoms with Gasteiger partial charge in [0.25, 0.3) is 0 Å². The molecule has 0 rings (SSSR count). The van der Waals surface area contributed by atoms with Gasteiger partial charge in [0.15, 0.2) is 23.0 Å². The van der Waals surface area contributed by atoms with Crippen LogP contribution in [0, 0.1) is 0 Å². The van der Waals surface area contributed by atoms with Crippen LogP contribution in [0.4, 0.5) is 0 Å². The Morgan fingerprint density at radius 2 is 2.50 bits per heavy atom. The molecule has 0 heterocycles. The molecule has 0 saturated heterocycles. The zero-order chi connectivity index (χ0) is 6.41. The van der Waals surface area contributed by atoms with E-state index >= 15 is 0 Å². The molecule has 0 aromatic heterocycles. The second-order valence-corrected chi connectivity index (χ2v) is 1.91. The van der Waals surface area contributed by atoms with Crippen molar-refractivity contribution >= 4 is 23.0 Å². The van der Waals surface area contributed by atoms with Crippen LogP contribution in [-0.2, 0) is 3.07 Å². The fourth-order valence-electron chi connectivity index (χ4n) is 0.303. The summed E-state index contributed by atoms with van der Waals surface area (Å²) in [6.45, 7) is 4.57. The summed E-state index contributed by atoms with van der Waals surface area (Å²) in [5, 5.41) is 2.99.